The van der Waals surface area contributed by atoms with Gasteiger partial charge in [0.1, 0.15) is 0 Å². The average molecular weight is 285 g/mol. The average Bonchev–Trinajstić information content (AvgIpc) is 2.82. The molecule has 8 heteroatoms. The van der Waals surface area contributed by atoms with Crippen LogP contribution in [0.2, 0.25) is 0 Å². The van der Waals surface area contributed by atoms with E-state index in [1.165, 1.54) is 4.90 Å². The van der Waals surface area contributed by atoms with Crippen LogP contribution in [0.15, 0.2) is 10.2 Å². The lowest BCUT2D eigenvalue weighted by Crippen LogP contribution is -2.46. The van der Waals surface area contributed by atoms with Crippen LogP contribution in [0.5, 0.6) is 0 Å². The molecule has 3 N–H and O–H groups in total. The summed E-state index contributed by atoms with van der Waals surface area (Å²) >= 11 is 1.04. The third-order valence-corrected chi connectivity index (χ3v) is 3.78. The summed E-state index contributed by atoms with van der Waals surface area (Å²) in [5.41, 5.74) is 0.648. The number of H-pyrrole nitrogens is 1. The van der Waals surface area contributed by atoms with Gasteiger partial charge in [-0.25, -0.2) is 4.79 Å². The number of piperidine rings is 1. The number of thiazole rings is 1. The Labute approximate surface area is 113 Å². The zero-order valence-electron chi connectivity index (χ0n) is 10.2. The molecule has 1 aromatic heterocycles. The molecule has 1 aliphatic rings. The SMILES string of the molecule is O=C(O)[C@H]1CCCN(C(=O)NCc2csc(=O)[nH]2)C1. The smallest absolute Gasteiger partial charge is 0.317 e. The highest BCUT2D eigenvalue weighted by molar-refractivity contribution is 7.07. The van der Waals surface area contributed by atoms with Crippen molar-refractivity contribution in [1.29, 1.82) is 0 Å². The van der Waals surface area contributed by atoms with E-state index in [9.17, 15) is 14.4 Å². The molecule has 1 saturated heterocycles. The Morgan fingerprint density at radius 3 is 3.00 bits per heavy atom. The molecule has 0 bridgehead atoms. The van der Waals surface area contributed by atoms with Gasteiger partial charge in [0, 0.05) is 24.2 Å². The number of carbonyl (C=O) groups excluding carboxylic acids is 1. The first kappa shape index (κ1) is 13.6. The minimum Gasteiger partial charge on any atom is -0.481 e. The molecule has 7 nitrogen and oxygen atoms in total. The zero-order valence-corrected chi connectivity index (χ0v) is 11.0. The topological polar surface area (TPSA) is 102 Å². The van der Waals surface area contributed by atoms with Gasteiger partial charge >= 0.3 is 16.9 Å². The number of aliphatic carboxylic acids is 1. The predicted octanol–water partition coefficient (Wildman–Crippen LogP) is 0.443. The van der Waals surface area contributed by atoms with Crippen LogP contribution in [0.25, 0.3) is 0 Å². The normalized spacial score (nSPS) is 19.2. The van der Waals surface area contributed by atoms with Crippen molar-refractivity contribution in [3.05, 3.63) is 20.7 Å². The maximum atomic E-state index is 11.9. The van der Waals surface area contributed by atoms with E-state index >= 15 is 0 Å². The van der Waals surface area contributed by atoms with Crippen molar-refractivity contribution in [2.24, 2.45) is 5.92 Å². The van der Waals surface area contributed by atoms with Crippen LogP contribution < -0.4 is 10.2 Å². The Bertz CT molecular complexity index is 524. The standard InChI is InChI=1S/C11H15N3O4S/c15-9(16)7-2-1-3-14(5-7)10(17)12-4-8-6-19-11(18)13-8/h6-7H,1-5H2,(H,12,17)(H,13,18)(H,15,16)/t7-/m0/s1. The summed E-state index contributed by atoms with van der Waals surface area (Å²) in [4.78, 5) is 37.7. The summed E-state index contributed by atoms with van der Waals surface area (Å²) in [7, 11) is 0. The Kier molecular flexibility index (Phi) is 4.20. The first-order valence-corrected chi connectivity index (χ1v) is 6.86. The fourth-order valence-electron chi connectivity index (χ4n) is 2.05. The molecule has 0 aliphatic carbocycles. The Balaban J connectivity index is 1.85. The molecule has 1 aliphatic heterocycles. The maximum Gasteiger partial charge on any atom is 0.317 e. The lowest BCUT2D eigenvalue weighted by atomic mass is 9.99. The Morgan fingerprint density at radius 2 is 2.37 bits per heavy atom. The van der Waals surface area contributed by atoms with E-state index in [2.05, 4.69) is 10.3 Å². The molecule has 104 valence electrons. The lowest BCUT2D eigenvalue weighted by molar-refractivity contribution is -0.143. The lowest BCUT2D eigenvalue weighted by Gasteiger charge is -2.30. The van der Waals surface area contributed by atoms with Gasteiger partial charge in [0.15, 0.2) is 0 Å². The molecule has 0 aromatic carbocycles. The monoisotopic (exact) mass is 285 g/mol. The van der Waals surface area contributed by atoms with Gasteiger partial charge in [0.25, 0.3) is 0 Å². The minimum atomic E-state index is -0.861. The van der Waals surface area contributed by atoms with Crippen molar-refractivity contribution in [3.8, 4) is 0 Å². The number of amides is 2. The largest absolute Gasteiger partial charge is 0.481 e. The Hall–Kier alpha value is -1.83. The third-order valence-electron chi connectivity index (χ3n) is 3.06. The number of hydrogen-bond acceptors (Lipinski definition) is 4. The zero-order chi connectivity index (χ0) is 13.8. The molecule has 0 spiro atoms. The summed E-state index contributed by atoms with van der Waals surface area (Å²) in [6.45, 7) is 1.04. The number of urea groups is 1. The second-order valence-corrected chi connectivity index (χ2v) is 5.30. The molecule has 2 amide bonds. The van der Waals surface area contributed by atoms with Gasteiger partial charge in [-0.3, -0.25) is 9.59 Å². The van der Waals surface area contributed by atoms with Crippen molar-refractivity contribution in [2.45, 2.75) is 19.4 Å². The highest BCUT2D eigenvalue weighted by Crippen LogP contribution is 2.16. The maximum absolute atomic E-state index is 11.9. The molecular weight excluding hydrogens is 270 g/mol. The Morgan fingerprint density at radius 1 is 1.58 bits per heavy atom. The van der Waals surface area contributed by atoms with E-state index in [1.807, 2.05) is 0 Å². The van der Waals surface area contributed by atoms with Crippen LogP contribution in [-0.4, -0.2) is 40.1 Å². The molecule has 0 unspecified atom stereocenters. The summed E-state index contributed by atoms with van der Waals surface area (Å²) in [5, 5.41) is 13.3. The van der Waals surface area contributed by atoms with Crippen molar-refractivity contribution >= 4 is 23.3 Å². The van der Waals surface area contributed by atoms with Gasteiger partial charge in [0.05, 0.1) is 12.5 Å². The van der Waals surface area contributed by atoms with E-state index < -0.39 is 11.9 Å². The van der Waals surface area contributed by atoms with Crippen molar-refractivity contribution in [2.75, 3.05) is 13.1 Å². The molecule has 2 rings (SSSR count). The number of aromatic amines is 1. The van der Waals surface area contributed by atoms with E-state index in [0.717, 1.165) is 11.3 Å². The number of carboxylic acids is 1. The summed E-state index contributed by atoms with van der Waals surface area (Å²) in [5.74, 6) is -1.35. The molecule has 0 saturated carbocycles. The second-order valence-electron chi connectivity index (χ2n) is 4.46. The number of rotatable bonds is 3. The molecule has 1 atom stereocenters. The highest BCUT2D eigenvalue weighted by Gasteiger charge is 2.27. The first-order chi connectivity index (χ1) is 9.06. The van der Waals surface area contributed by atoms with E-state index in [1.54, 1.807) is 5.38 Å². The van der Waals surface area contributed by atoms with Crippen LogP contribution in [0, 0.1) is 5.92 Å². The minimum absolute atomic E-state index is 0.159. The van der Waals surface area contributed by atoms with Crippen molar-refractivity contribution in [1.82, 2.24) is 15.2 Å². The number of carbonyl (C=O) groups is 2. The number of hydrogen-bond donors (Lipinski definition) is 3. The number of aromatic nitrogens is 1. The van der Waals surface area contributed by atoms with Gasteiger partial charge < -0.3 is 20.3 Å². The van der Waals surface area contributed by atoms with Gasteiger partial charge in [0.2, 0.25) is 0 Å². The van der Waals surface area contributed by atoms with Gasteiger partial charge in [-0.1, -0.05) is 11.3 Å². The van der Waals surface area contributed by atoms with Crippen LogP contribution in [0.4, 0.5) is 4.79 Å². The molecule has 1 aromatic rings. The summed E-state index contributed by atoms with van der Waals surface area (Å²) < 4.78 is 0. The van der Waals surface area contributed by atoms with Crippen LogP contribution in [0.3, 0.4) is 0 Å². The van der Waals surface area contributed by atoms with Crippen molar-refractivity contribution < 1.29 is 14.7 Å². The fourth-order valence-corrected chi connectivity index (χ4v) is 2.63. The predicted molar refractivity (Wildman–Crippen MR) is 69.1 cm³/mol. The third kappa shape index (κ3) is 3.57. The second kappa shape index (κ2) is 5.87. The van der Waals surface area contributed by atoms with Crippen LogP contribution >= 0.6 is 11.3 Å². The van der Waals surface area contributed by atoms with Crippen molar-refractivity contribution in [3.63, 3.8) is 0 Å². The van der Waals surface area contributed by atoms with E-state index in [0.29, 0.717) is 25.1 Å². The number of likely N-dealkylation sites (tertiary alicyclic amines) is 1. The highest BCUT2D eigenvalue weighted by atomic mass is 32.1. The summed E-state index contributed by atoms with van der Waals surface area (Å²) in [6.07, 6.45) is 1.30. The van der Waals surface area contributed by atoms with Gasteiger partial charge in [-0.15, -0.1) is 0 Å². The number of nitrogens with one attached hydrogen (secondary N) is 2. The summed E-state index contributed by atoms with van der Waals surface area (Å²) in [6, 6.07) is -0.294. The van der Waals surface area contributed by atoms with E-state index in [-0.39, 0.29) is 24.0 Å². The van der Waals surface area contributed by atoms with E-state index in [4.69, 9.17) is 5.11 Å². The van der Waals surface area contributed by atoms with Crippen LogP contribution in [-0.2, 0) is 11.3 Å². The molecule has 2 heterocycles. The molecular formula is C11H15N3O4S. The van der Waals surface area contributed by atoms with Gasteiger partial charge in [-0.2, -0.15) is 0 Å². The molecule has 0 radical (unpaired) electrons. The first-order valence-electron chi connectivity index (χ1n) is 5.98. The number of carboxylic acid groups (broad SMARTS) is 1. The molecule has 19 heavy (non-hydrogen) atoms. The van der Waals surface area contributed by atoms with Crippen LogP contribution in [0.1, 0.15) is 18.5 Å². The quantitative estimate of drug-likeness (QED) is 0.750. The fraction of sp³-hybridized carbons (Fsp3) is 0.545. The van der Waals surface area contributed by atoms with Gasteiger partial charge in [-0.05, 0) is 12.8 Å². The number of nitrogens with zero attached hydrogens (tertiary/aromatic N) is 1. The molecule has 1 fully saturated rings.